The molecule has 2 unspecified atom stereocenters. The van der Waals surface area contributed by atoms with Gasteiger partial charge in [-0.2, -0.15) is 11.8 Å². The molecule has 1 aromatic rings. The van der Waals surface area contributed by atoms with Gasteiger partial charge in [0, 0.05) is 11.3 Å². The van der Waals surface area contributed by atoms with Crippen molar-refractivity contribution in [3.63, 3.8) is 0 Å². The van der Waals surface area contributed by atoms with Crippen LogP contribution < -0.4 is 10.1 Å². The second kappa shape index (κ2) is 6.15. The predicted molar refractivity (Wildman–Crippen MR) is 74.0 cm³/mol. The summed E-state index contributed by atoms with van der Waals surface area (Å²) in [5.41, 5.74) is 0. The molecule has 1 aliphatic carbocycles. The molecule has 0 saturated heterocycles. The average Bonchev–Trinajstić information content (AvgIpc) is 2.78. The molecule has 4 heteroatoms. The highest BCUT2D eigenvalue weighted by molar-refractivity contribution is 7.99. The van der Waals surface area contributed by atoms with Crippen LogP contribution in [0.4, 0.5) is 5.82 Å². The van der Waals surface area contributed by atoms with E-state index in [4.69, 9.17) is 4.74 Å². The van der Waals surface area contributed by atoms with E-state index < -0.39 is 0 Å². The van der Waals surface area contributed by atoms with E-state index >= 15 is 0 Å². The van der Waals surface area contributed by atoms with Crippen LogP contribution in [0.15, 0.2) is 18.3 Å². The Hall–Kier alpha value is -0.900. The molecule has 0 amide bonds. The number of anilines is 1. The number of rotatable bonds is 5. The number of ether oxygens (including phenoxy) is 1. The van der Waals surface area contributed by atoms with Crippen LogP contribution >= 0.6 is 11.8 Å². The van der Waals surface area contributed by atoms with Gasteiger partial charge >= 0.3 is 0 Å². The van der Waals surface area contributed by atoms with Crippen LogP contribution in [0, 0.1) is 0 Å². The predicted octanol–water partition coefficient (Wildman–Crippen LogP) is 3.18. The Kier molecular flexibility index (Phi) is 4.54. The van der Waals surface area contributed by atoms with Crippen LogP contribution in [0.3, 0.4) is 0 Å². The van der Waals surface area contributed by atoms with Gasteiger partial charge in [0.15, 0.2) is 0 Å². The summed E-state index contributed by atoms with van der Waals surface area (Å²) in [4.78, 5) is 4.36. The normalized spacial score (nSPS) is 23.6. The molecule has 0 aliphatic heterocycles. The van der Waals surface area contributed by atoms with Crippen molar-refractivity contribution in [3.8, 4) is 5.75 Å². The number of nitrogens with zero attached hydrogens (tertiary/aromatic N) is 1. The molecule has 1 aromatic heterocycles. The Balaban J connectivity index is 1.94. The molecule has 94 valence electrons. The number of hydrogen-bond donors (Lipinski definition) is 1. The lowest BCUT2D eigenvalue weighted by Gasteiger charge is -2.20. The number of aromatic nitrogens is 1. The van der Waals surface area contributed by atoms with Crippen LogP contribution in [-0.2, 0) is 0 Å². The van der Waals surface area contributed by atoms with E-state index in [9.17, 15) is 0 Å². The lowest BCUT2D eigenvalue weighted by Crippen LogP contribution is -2.26. The van der Waals surface area contributed by atoms with Crippen molar-refractivity contribution in [3.05, 3.63) is 18.3 Å². The van der Waals surface area contributed by atoms with E-state index in [1.807, 2.05) is 12.1 Å². The maximum Gasteiger partial charge on any atom is 0.137 e. The fourth-order valence-corrected chi connectivity index (χ4v) is 3.48. The molecule has 1 N–H and O–H groups in total. The molecule has 1 fully saturated rings. The summed E-state index contributed by atoms with van der Waals surface area (Å²) < 4.78 is 5.10. The van der Waals surface area contributed by atoms with E-state index in [-0.39, 0.29) is 0 Å². The zero-order valence-electron chi connectivity index (χ0n) is 10.5. The van der Waals surface area contributed by atoms with E-state index in [1.54, 1.807) is 13.3 Å². The van der Waals surface area contributed by atoms with Crippen molar-refractivity contribution in [1.29, 1.82) is 0 Å². The van der Waals surface area contributed by atoms with Gasteiger partial charge in [-0.3, -0.25) is 0 Å². The third kappa shape index (κ3) is 3.28. The number of pyridine rings is 1. The summed E-state index contributed by atoms with van der Waals surface area (Å²) in [7, 11) is 1.66. The third-order valence-electron chi connectivity index (χ3n) is 3.14. The van der Waals surface area contributed by atoms with Gasteiger partial charge in [-0.15, -0.1) is 0 Å². The molecule has 0 aromatic carbocycles. The Labute approximate surface area is 107 Å². The first-order chi connectivity index (χ1) is 8.33. The van der Waals surface area contributed by atoms with Crippen LogP contribution in [0.25, 0.3) is 0 Å². The van der Waals surface area contributed by atoms with Crippen molar-refractivity contribution in [2.24, 2.45) is 0 Å². The van der Waals surface area contributed by atoms with Gasteiger partial charge in [0.25, 0.3) is 0 Å². The quantitative estimate of drug-likeness (QED) is 0.872. The maximum absolute atomic E-state index is 5.10. The van der Waals surface area contributed by atoms with E-state index in [2.05, 4.69) is 29.0 Å². The monoisotopic (exact) mass is 252 g/mol. The van der Waals surface area contributed by atoms with Gasteiger partial charge < -0.3 is 10.1 Å². The van der Waals surface area contributed by atoms with E-state index in [1.165, 1.54) is 25.0 Å². The zero-order chi connectivity index (χ0) is 12.1. The van der Waals surface area contributed by atoms with E-state index in [0.717, 1.165) is 16.8 Å². The first-order valence-electron chi connectivity index (χ1n) is 6.21. The van der Waals surface area contributed by atoms with Crippen molar-refractivity contribution >= 4 is 17.6 Å². The Morgan fingerprint density at radius 3 is 3.00 bits per heavy atom. The second-order valence-electron chi connectivity index (χ2n) is 4.26. The van der Waals surface area contributed by atoms with Gasteiger partial charge in [-0.05, 0) is 30.7 Å². The van der Waals surface area contributed by atoms with Crippen molar-refractivity contribution in [1.82, 2.24) is 4.98 Å². The third-order valence-corrected chi connectivity index (χ3v) is 4.46. The molecule has 0 bridgehead atoms. The molecule has 0 spiro atoms. The molecular formula is C13H20N2OS. The Morgan fingerprint density at radius 2 is 2.35 bits per heavy atom. The topological polar surface area (TPSA) is 34.1 Å². The Bertz CT molecular complexity index is 342. The summed E-state index contributed by atoms with van der Waals surface area (Å²) in [5.74, 6) is 2.96. The molecule has 3 nitrogen and oxygen atoms in total. The number of nitrogens with one attached hydrogen (secondary N) is 1. The fourth-order valence-electron chi connectivity index (χ4n) is 2.28. The number of thioether (sulfide) groups is 1. The van der Waals surface area contributed by atoms with Crippen LogP contribution in [0.2, 0.25) is 0 Å². The summed E-state index contributed by atoms with van der Waals surface area (Å²) in [6.45, 7) is 2.23. The standard InChI is InChI=1S/C13H20N2OS/c1-3-17-12-6-4-5-11(12)15-13-8-7-10(16-2)9-14-13/h7-9,11-12H,3-6H2,1-2H3,(H,14,15). The highest BCUT2D eigenvalue weighted by atomic mass is 32.2. The maximum atomic E-state index is 5.10. The molecule has 1 saturated carbocycles. The molecular weight excluding hydrogens is 232 g/mol. The number of hydrogen-bond acceptors (Lipinski definition) is 4. The van der Waals surface area contributed by atoms with Gasteiger partial charge in [0.05, 0.1) is 13.3 Å². The fraction of sp³-hybridized carbons (Fsp3) is 0.615. The van der Waals surface area contributed by atoms with Crippen LogP contribution in [0.5, 0.6) is 5.75 Å². The van der Waals surface area contributed by atoms with Crippen molar-refractivity contribution in [2.45, 2.75) is 37.5 Å². The average molecular weight is 252 g/mol. The van der Waals surface area contributed by atoms with Gasteiger partial charge in [0.1, 0.15) is 11.6 Å². The lowest BCUT2D eigenvalue weighted by atomic mass is 10.2. The lowest BCUT2D eigenvalue weighted by molar-refractivity contribution is 0.413. The first-order valence-corrected chi connectivity index (χ1v) is 7.26. The van der Waals surface area contributed by atoms with Gasteiger partial charge in [-0.1, -0.05) is 13.3 Å². The summed E-state index contributed by atoms with van der Waals surface area (Å²) in [5, 5.41) is 4.28. The largest absolute Gasteiger partial charge is 0.495 e. The smallest absolute Gasteiger partial charge is 0.137 e. The second-order valence-corrected chi connectivity index (χ2v) is 5.77. The van der Waals surface area contributed by atoms with Gasteiger partial charge in [0.2, 0.25) is 0 Å². The van der Waals surface area contributed by atoms with Crippen molar-refractivity contribution in [2.75, 3.05) is 18.2 Å². The van der Waals surface area contributed by atoms with Crippen LogP contribution in [-0.4, -0.2) is 29.1 Å². The van der Waals surface area contributed by atoms with Crippen molar-refractivity contribution < 1.29 is 4.74 Å². The van der Waals surface area contributed by atoms with Crippen LogP contribution in [0.1, 0.15) is 26.2 Å². The Morgan fingerprint density at radius 1 is 1.47 bits per heavy atom. The minimum absolute atomic E-state index is 0.570. The molecule has 1 aliphatic rings. The molecule has 2 atom stereocenters. The highest BCUT2D eigenvalue weighted by Crippen LogP contribution is 2.31. The summed E-state index contributed by atoms with van der Waals surface area (Å²) in [6, 6.07) is 4.51. The first kappa shape index (κ1) is 12.6. The molecule has 17 heavy (non-hydrogen) atoms. The highest BCUT2D eigenvalue weighted by Gasteiger charge is 2.27. The minimum Gasteiger partial charge on any atom is -0.495 e. The SMILES string of the molecule is CCSC1CCCC1Nc1ccc(OC)cn1. The van der Waals surface area contributed by atoms with Gasteiger partial charge in [-0.25, -0.2) is 4.98 Å². The molecule has 0 radical (unpaired) electrons. The molecule has 1 heterocycles. The zero-order valence-corrected chi connectivity index (χ0v) is 11.3. The number of methoxy groups -OCH3 is 1. The van der Waals surface area contributed by atoms with E-state index in [0.29, 0.717) is 6.04 Å². The molecule has 2 rings (SSSR count). The minimum atomic E-state index is 0.570. The summed E-state index contributed by atoms with van der Waals surface area (Å²) in [6.07, 6.45) is 5.67. The summed E-state index contributed by atoms with van der Waals surface area (Å²) >= 11 is 2.06.